The first-order valence-electron chi connectivity index (χ1n) is 27.4. The van der Waals surface area contributed by atoms with E-state index in [0.29, 0.717) is 6.42 Å². The van der Waals surface area contributed by atoms with Crippen molar-refractivity contribution < 1.29 is 37.6 Å². The van der Waals surface area contributed by atoms with E-state index in [1.807, 2.05) is 0 Å². The van der Waals surface area contributed by atoms with Crippen LogP contribution in [-0.2, 0) is 32.7 Å². The Bertz CT molecular complexity index is 1490. The summed E-state index contributed by atoms with van der Waals surface area (Å²) in [6.07, 6.45) is 72.8. The lowest BCUT2D eigenvalue weighted by Gasteiger charge is -2.19. The molecular formula is C59H100NO8P. The van der Waals surface area contributed by atoms with Crippen LogP contribution in [0.25, 0.3) is 0 Å². The van der Waals surface area contributed by atoms with Gasteiger partial charge in [0.2, 0.25) is 0 Å². The quantitative estimate of drug-likeness (QED) is 0.0264. The molecule has 69 heavy (non-hydrogen) atoms. The highest BCUT2D eigenvalue weighted by Crippen LogP contribution is 2.43. The Morgan fingerprint density at radius 3 is 1.22 bits per heavy atom. The fourth-order valence-electron chi connectivity index (χ4n) is 7.12. The summed E-state index contributed by atoms with van der Waals surface area (Å²) in [6, 6.07) is 0. The lowest BCUT2D eigenvalue weighted by molar-refractivity contribution is -0.161. The van der Waals surface area contributed by atoms with Gasteiger partial charge < -0.3 is 20.1 Å². The second-order valence-electron chi connectivity index (χ2n) is 17.7. The van der Waals surface area contributed by atoms with Gasteiger partial charge in [0.05, 0.1) is 13.2 Å². The summed E-state index contributed by atoms with van der Waals surface area (Å²) in [5, 5.41) is 0. The summed E-state index contributed by atoms with van der Waals surface area (Å²) in [4.78, 5) is 35.1. The first kappa shape index (κ1) is 65.7. The Morgan fingerprint density at radius 1 is 0.449 bits per heavy atom. The molecule has 10 heteroatoms. The van der Waals surface area contributed by atoms with Gasteiger partial charge in [0.15, 0.2) is 6.10 Å². The van der Waals surface area contributed by atoms with Crippen LogP contribution in [0, 0.1) is 0 Å². The zero-order valence-corrected chi connectivity index (χ0v) is 44.6. The van der Waals surface area contributed by atoms with Crippen LogP contribution in [-0.4, -0.2) is 49.3 Å². The van der Waals surface area contributed by atoms with Gasteiger partial charge in [0, 0.05) is 19.4 Å². The molecular weight excluding hydrogens is 882 g/mol. The van der Waals surface area contributed by atoms with E-state index >= 15 is 0 Å². The van der Waals surface area contributed by atoms with Crippen molar-refractivity contribution in [3.63, 3.8) is 0 Å². The van der Waals surface area contributed by atoms with E-state index in [1.165, 1.54) is 96.3 Å². The molecule has 0 saturated heterocycles. The summed E-state index contributed by atoms with van der Waals surface area (Å²) in [5.74, 6) is -0.886. The van der Waals surface area contributed by atoms with Crippen LogP contribution in [0.1, 0.15) is 219 Å². The Balaban J connectivity index is 4.09. The third-order valence-electron chi connectivity index (χ3n) is 11.1. The van der Waals surface area contributed by atoms with Gasteiger partial charge in [0.1, 0.15) is 6.61 Å². The molecule has 0 aliphatic rings. The van der Waals surface area contributed by atoms with Crippen molar-refractivity contribution in [3.8, 4) is 0 Å². The molecule has 0 rings (SSSR count). The monoisotopic (exact) mass is 982 g/mol. The molecule has 2 unspecified atom stereocenters. The molecule has 0 amide bonds. The molecule has 2 atom stereocenters. The Labute approximate surface area is 422 Å². The molecule has 0 aromatic rings. The number of nitrogens with two attached hydrogens (primary N) is 1. The van der Waals surface area contributed by atoms with Crippen molar-refractivity contribution >= 4 is 19.8 Å². The third kappa shape index (κ3) is 53.9. The minimum absolute atomic E-state index is 0.0400. The van der Waals surface area contributed by atoms with Gasteiger partial charge in [-0.05, 0) is 103 Å². The van der Waals surface area contributed by atoms with E-state index in [-0.39, 0.29) is 32.6 Å². The Kier molecular flexibility index (Phi) is 51.4. The number of allylic oxidation sites excluding steroid dienone is 18. The second kappa shape index (κ2) is 54.0. The molecule has 0 aromatic heterocycles. The third-order valence-corrected chi connectivity index (χ3v) is 12.1. The summed E-state index contributed by atoms with van der Waals surface area (Å²) in [6.45, 7) is 3.56. The van der Waals surface area contributed by atoms with E-state index in [2.05, 4.69) is 123 Å². The fourth-order valence-corrected chi connectivity index (χ4v) is 7.88. The van der Waals surface area contributed by atoms with Crippen LogP contribution in [0.15, 0.2) is 109 Å². The van der Waals surface area contributed by atoms with Gasteiger partial charge in [0.25, 0.3) is 0 Å². The number of hydrogen-bond acceptors (Lipinski definition) is 8. The number of carbonyl (C=O) groups is 2. The van der Waals surface area contributed by atoms with Crippen molar-refractivity contribution in [2.24, 2.45) is 5.73 Å². The largest absolute Gasteiger partial charge is 0.472 e. The van der Waals surface area contributed by atoms with E-state index in [9.17, 15) is 19.0 Å². The van der Waals surface area contributed by atoms with Crippen LogP contribution in [0.4, 0.5) is 0 Å². The Hall–Kier alpha value is -3.33. The SMILES string of the molecule is CC/C=C\C/C=C\C/C=C\C/C=C\C/C=C\C/C=C\CCCCC(=O)OC(COC(=O)CCCCCCCCCCCCCC/C=C\C/C=C\C/C=C\CCCCCCC)COP(=O)(O)OCCN. The van der Waals surface area contributed by atoms with E-state index in [0.717, 1.165) is 89.9 Å². The predicted octanol–water partition coefficient (Wildman–Crippen LogP) is 17.1. The van der Waals surface area contributed by atoms with Gasteiger partial charge in [-0.2, -0.15) is 0 Å². The molecule has 394 valence electrons. The lowest BCUT2D eigenvalue weighted by atomic mass is 10.0. The van der Waals surface area contributed by atoms with Gasteiger partial charge in [-0.3, -0.25) is 18.6 Å². The topological polar surface area (TPSA) is 134 Å². The van der Waals surface area contributed by atoms with Crippen LogP contribution >= 0.6 is 7.82 Å². The highest BCUT2D eigenvalue weighted by molar-refractivity contribution is 7.47. The molecule has 0 aliphatic heterocycles. The van der Waals surface area contributed by atoms with Crippen LogP contribution < -0.4 is 5.73 Å². The summed E-state index contributed by atoms with van der Waals surface area (Å²) < 4.78 is 32.9. The molecule has 3 N–H and O–H groups in total. The highest BCUT2D eigenvalue weighted by atomic mass is 31.2. The predicted molar refractivity (Wildman–Crippen MR) is 293 cm³/mol. The number of phosphoric acid groups is 1. The normalized spacial score (nSPS) is 14.0. The molecule has 0 saturated carbocycles. The van der Waals surface area contributed by atoms with Gasteiger partial charge in [-0.1, -0.05) is 213 Å². The van der Waals surface area contributed by atoms with Gasteiger partial charge in [-0.15, -0.1) is 0 Å². The minimum atomic E-state index is -4.41. The van der Waals surface area contributed by atoms with Crippen LogP contribution in [0.2, 0.25) is 0 Å². The summed E-state index contributed by atoms with van der Waals surface area (Å²) in [5.41, 5.74) is 5.37. The number of hydrogen-bond donors (Lipinski definition) is 2. The molecule has 0 fully saturated rings. The van der Waals surface area contributed by atoms with Crippen molar-refractivity contribution in [3.05, 3.63) is 109 Å². The van der Waals surface area contributed by atoms with Crippen molar-refractivity contribution in [1.82, 2.24) is 0 Å². The van der Waals surface area contributed by atoms with Crippen LogP contribution in [0.5, 0.6) is 0 Å². The van der Waals surface area contributed by atoms with Crippen molar-refractivity contribution in [1.29, 1.82) is 0 Å². The van der Waals surface area contributed by atoms with Gasteiger partial charge >= 0.3 is 19.8 Å². The van der Waals surface area contributed by atoms with Crippen LogP contribution in [0.3, 0.4) is 0 Å². The molecule has 9 nitrogen and oxygen atoms in total. The first-order valence-corrected chi connectivity index (χ1v) is 28.9. The minimum Gasteiger partial charge on any atom is -0.462 e. The maximum Gasteiger partial charge on any atom is 0.472 e. The number of ether oxygens (including phenoxy) is 2. The fraction of sp³-hybridized carbons (Fsp3) is 0.661. The van der Waals surface area contributed by atoms with Gasteiger partial charge in [-0.25, -0.2) is 4.57 Å². The highest BCUT2D eigenvalue weighted by Gasteiger charge is 2.26. The number of rotatable bonds is 50. The zero-order valence-electron chi connectivity index (χ0n) is 43.8. The standard InChI is InChI=1S/C59H100NO8P/c1-3-5-7-9-11-13-15-17-19-21-23-25-26-27-28-29-30-32-33-35-37-39-41-43-45-47-49-51-58(61)65-55-57(56-67-69(63,64)66-54-53-60)68-59(62)52-50-48-46-44-42-40-38-36-34-31-24-22-20-18-16-14-12-10-8-6-4-2/h6,8,12,14-15,17-18,20-21,23-24,26-27,31,36,38,42,44,57H,3-5,7,9-11,13,16,19,22,25,28-30,32-35,37,39-41,43,45-56,60H2,1-2H3,(H,63,64)/b8-6-,14-12-,17-15-,20-18-,23-21-,27-26-,31-24-,38-36-,44-42-. The zero-order chi connectivity index (χ0) is 50.2. The maximum atomic E-state index is 12.7. The number of esters is 2. The molecule has 0 aromatic carbocycles. The van der Waals surface area contributed by atoms with E-state index in [4.69, 9.17) is 24.3 Å². The molecule has 0 spiro atoms. The average molecular weight is 982 g/mol. The second-order valence-corrected chi connectivity index (χ2v) is 19.2. The Morgan fingerprint density at radius 2 is 0.797 bits per heavy atom. The van der Waals surface area contributed by atoms with Crippen molar-refractivity contribution in [2.75, 3.05) is 26.4 Å². The van der Waals surface area contributed by atoms with E-state index in [1.54, 1.807) is 0 Å². The average Bonchev–Trinajstić information content (AvgIpc) is 3.34. The smallest absolute Gasteiger partial charge is 0.462 e. The molecule has 0 aliphatic carbocycles. The van der Waals surface area contributed by atoms with Crippen molar-refractivity contribution in [2.45, 2.75) is 225 Å². The molecule has 0 bridgehead atoms. The summed E-state index contributed by atoms with van der Waals surface area (Å²) in [7, 11) is -4.41. The lowest BCUT2D eigenvalue weighted by Crippen LogP contribution is -2.29. The molecule has 0 radical (unpaired) electrons. The first-order chi connectivity index (χ1) is 33.8. The van der Waals surface area contributed by atoms with E-state index < -0.39 is 32.5 Å². The number of carbonyl (C=O) groups excluding carboxylic acids is 2. The summed E-state index contributed by atoms with van der Waals surface area (Å²) >= 11 is 0. The number of phosphoric ester groups is 1. The maximum absolute atomic E-state index is 12.7. The number of unbranched alkanes of at least 4 members (excludes halogenated alkanes) is 19. The molecule has 0 heterocycles.